The van der Waals surface area contributed by atoms with E-state index in [1.54, 1.807) is 0 Å². The van der Waals surface area contributed by atoms with Crippen molar-refractivity contribution in [1.29, 1.82) is 10.8 Å². The summed E-state index contributed by atoms with van der Waals surface area (Å²) in [5, 5.41) is 19.7. The van der Waals surface area contributed by atoms with Crippen LogP contribution in [-0.2, 0) is 0 Å². The smallest absolute Gasteiger partial charge is 0.185 e. The highest BCUT2D eigenvalue weighted by Crippen LogP contribution is 2.04. The van der Waals surface area contributed by atoms with Gasteiger partial charge in [-0.1, -0.05) is 19.3 Å². The molecule has 0 spiro atoms. The zero-order chi connectivity index (χ0) is 12.4. The van der Waals surface area contributed by atoms with Gasteiger partial charge in [-0.3, -0.25) is 10.8 Å². The summed E-state index contributed by atoms with van der Waals surface area (Å²) in [7, 11) is 0. The summed E-state index contributed by atoms with van der Waals surface area (Å²) in [5.41, 5.74) is 10.4. The van der Waals surface area contributed by atoms with Gasteiger partial charge < -0.3 is 22.1 Å². The van der Waals surface area contributed by atoms with Gasteiger partial charge in [-0.2, -0.15) is 0 Å². The Morgan fingerprint density at radius 2 is 1.69 bits per heavy atom. The van der Waals surface area contributed by atoms with Gasteiger partial charge in [-0.05, 0) is 19.8 Å². The lowest BCUT2D eigenvalue weighted by molar-refractivity contribution is 0.534. The van der Waals surface area contributed by atoms with E-state index in [4.69, 9.17) is 22.3 Å². The molecule has 0 aromatic carbocycles. The third kappa shape index (κ3) is 10.6. The largest absolute Gasteiger partial charge is 0.370 e. The molecule has 6 heteroatoms. The molecule has 0 aliphatic heterocycles. The normalized spacial score (nSPS) is 11.8. The summed E-state index contributed by atoms with van der Waals surface area (Å²) < 4.78 is 0. The second-order valence-electron chi connectivity index (χ2n) is 4.00. The summed E-state index contributed by atoms with van der Waals surface area (Å²) in [4.78, 5) is 0. The van der Waals surface area contributed by atoms with Gasteiger partial charge in [-0.25, -0.2) is 0 Å². The molecule has 0 aromatic rings. The van der Waals surface area contributed by atoms with Crippen molar-refractivity contribution in [3.05, 3.63) is 0 Å². The predicted molar refractivity (Wildman–Crippen MR) is 67.5 cm³/mol. The molecule has 0 saturated heterocycles. The Hall–Kier alpha value is -1.46. The average Bonchev–Trinajstić information content (AvgIpc) is 2.14. The molecule has 0 aliphatic rings. The van der Waals surface area contributed by atoms with Crippen LogP contribution in [-0.4, -0.2) is 24.5 Å². The van der Waals surface area contributed by atoms with E-state index >= 15 is 0 Å². The molecule has 0 rings (SSSR count). The van der Waals surface area contributed by atoms with Crippen LogP contribution in [0.2, 0.25) is 0 Å². The van der Waals surface area contributed by atoms with E-state index in [1.807, 2.05) is 6.92 Å². The molecule has 6 nitrogen and oxygen atoms in total. The van der Waals surface area contributed by atoms with Gasteiger partial charge in [-0.15, -0.1) is 0 Å². The number of rotatable bonds is 8. The fourth-order valence-electron chi connectivity index (χ4n) is 1.49. The van der Waals surface area contributed by atoms with E-state index in [9.17, 15) is 0 Å². The average molecular weight is 228 g/mol. The Bertz CT molecular complexity index is 215. The topological polar surface area (TPSA) is 124 Å². The first-order valence-corrected chi connectivity index (χ1v) is 5.71. The Morgan fingerprint density at radius 1 is 1.06 bits per heavy atom. The summed E-state index contributed by atoms with van der Waals surface area (Å²) in [5.74, 6) is 0.0810. The number of guanidine groups is 2. The van der Waals surface area contributed by atoms with Crippen molar-refractivity contribution < 1.29 is 0 Å². The van der Waals surface area contributed by atoms with Crippen molar-refractivity contribution >= 4 is 11.9 Å². The fourth-order valence-corrected chi connectivity index (χ4v) is 1.49. The molecule has 1 atom stereocenters. The van der Waals surface area contributed by atoms with E-state index in [1.165, 1.54) is 0 Å². The molecule has 0 aromatic heterocycles. The number of unbranched alkanes of at least 4 members (excludes halogenated alkanes) is 3. The molecular formula is C10H24N6. The summed E-state index contributed by atoms with van der Waals surface area (Å²) >= 11 is 0. The molecule has 0 aliphatic carbocycles. The van der Waals surface area contributed by atoms with Crippen LogP contribution < -0.4 is 22.1 Å². The molecule has 0 saturated carbocycles. The number of hydrogen-bond donors (Lipinski definition) is 6. The van der Waals surface area contributed by atoms with Crippen molar-refractivity contribution in [2.45, 2.75) is 45.1 Å². The maximum absolute atomic E-state index is 7.06. The lowest BCUT2D eigenvalue weighted by Gasteiger charge is -2.12. The highest BCUT2D eigenvalue weighted by atomic mass is 15.1. The standard InChI is InChI=1S/C10H24N6/c1-8(16-10(13)14)6-4-2-3-5-7-15-9(11)12/h8H,2-7H2,1H3,(H4,11,12,15)(H4,13,14,16). The Balaban J connectivity index is 3.20. The Kier molecular flexibility index (Phi) is 8.01. The summed E-state index contributed by atoms with van der Waals surface area (Å²) in [6.45, 7) is 2.80. The first-order valence-electron chi connectivity index (χ1n) is 5.71. The number of nitrogens with one attached hydrogen (secondary N) is 4. The second kappa shape index (κ2) is 8.82. The maximum Gasteiger partial charge on any atom is 0.185 e. The van der Waals surface area contributed by atoms with Crippen molar-refractivity contribution in [2.24, 2.45) is 11.5 Å². The van der Waals surface area contributed by atoms with Crippen LogP contribution in [0.5, 0.6) is 0 Å². The Morgan fingerprint density at radius 3 is 2.25 bits per heavy atom. The van der Waals surface area contributed by atoms with E-state index < -0.39 is 0 Å². The molecule has 16 heavy (non-hydrogen) atoms. The van der Waals surface area contributed by atoms with Gasteiger partial charge in [0.25, 0.3) is 0 Å². The van der Waals surface area contributed by atoms with Crippen molar-refractivity contribution in [1.82, 2.24) is 10.6 Å². The second-order valence-corrected chi connectivity index (χ2v) is 4.00. The molecule has 0 amide bonds. The molecule has 94 valence electrons. The van der Waals surface area contributed by atoms with Gasteiger partial charge in [0.15, 0.2) is 11.9 Å². The minimum atomic E-state index is 0.0400. The van der Waals surface area contributed by atoms with Gasteiger partial charge in [0.2, 0.25) is 0 Å². The van der Waals surface area contributed by atoms with Crippen molar-refractivity contribution in [3.63, 3.8) is 0 Å². The highest BCUT2D eigenvalue weighted by molar-refractivity contribution is 5.74. The van der Waals surface area contributed by atoms with Crippen molar-refractivity contribution in [3.8, 4) is 0 Å². The Labute approximate surface area is 97.2 Å². The summed E-state index contributed by atoms with van der Waals surface area (Å²) in [6, 6.07) is 0.271. The van der Waals surface area contributed by atoms with E-state index in [-0.39, 0.29) is 18.0 Å². The predicted octanol–water partition coefficient (Wildman–Crippen LogP) is 0.292. The third-order valence-corrected chi connectivity index (χ3v) is 2.28. The van der Waals surface area contributed by atoms with Gasteiger partial charge in [0.05, 0.1) is 0 Å². The van der Waals surface area contributed by atoms with Crippen molar-refractivity contribution in [2.75, 3.05) is 6.54 Å². The first kappa shape index (κ1) is 14.5. The quantitative estimate of drug-likeness (QED) is 0.203. The number of nitrogens with two attached hydrogens (primary N) is 2. The molecule has 8 N–H and O–H groups in total. The lowest BCUT2D eigenvalue weighted by atomic mass is 10.1. The van der Waals surface area contributed by atoms with Gasteiger partial charge in [0.1, 0.15) is 0 Å². The molecular weight excluding hydrogens is 204 g/mol. The molecule has 0 bridgehead atoms. The minimum absolute atomic E-state index is 0.0400. The highest BCUT2D eigenvalue weighted by Gasteiger charge is 2.00. The molecule has 0 radical (unpaired) electrons. The maximum atomic E-state index is 7.06. The zero-order valence-electron chi connectivity index (χ0n) is 9.97. The minimum Gasteiger partial charge on any atom is -0.370 e. The SMILES string of the molecule is CC(CCCCCCNC(=N)N)NC(=N)N. The monoisotopic (exact) mass is 228 g/mol. The van der Waals surface area contributed by atoms with Gasteiger partial charge >= 0.3 is 0 Å². The van der Waals surface area contributed by atoms with E-state index in [0.29, 0.717) is 0 Å². The first-order chi connectivity index (χ1) is 7.52. The van der Waals surface area contributed by atoms with Crippen LogP contribution in [0.4, 0.5) is 0 Å². The fraction of sp³-hybridized carbons (Fsp3) is 0.800. The van der Waals surface area contributed by atoms with Crippen LogP contribution in [0.25, 0.3) is 0 Å². The van der Waals surface area contributed by atoms with Crippen LogP contribution in [0, 0.1) is 10.8 Å². The number of hydrogen-bond acceptors (Lipinski definition) is 2. The van der Waals surface area contributed by atoms with Crippen LogP contribution in [0.15, 0.2) is 0 Å². The van der Waals surface area contributed by atoms with E-state index in [2.05, 4.69) is 10.6 Å². The lowest BCUT2D eigenvalue weighted by Crippen LogP contribution is -2.37. The van der Waals surface area contributed by atoms with Crippen LogP contribution in [0.3, 0.4) is 0 Å². The van der Waals surface area contributed by atoms with Crippen LogP contribution in [0.1, 0.15) is 39.0 Å². The zero-order valence-corrected chi connectivity index (χ0v) is 9.97. The molecule has 0 fully saturated rings. The third-order valence-electron chi connectivity index (χ3n) is 2.28. The van der Waals surface area contributed by atoms with E-state index in [0.717, 1.165) is 38.6 Å². The molecule has 0 heterocycles. The van der Waals surface area contributed by atoms with Gasteiger partial charge in [0, 0.05) is 12.6 Å². The van der Waals surface area contributed by atoms with Crippen LogP contribution >= 0.6 is 0 Å². The molecule has 1 unspecified atom stereocenters. The summed E-state index contributed by atoms with van der Waals surface area (Å²) in [6.07, 6.45) is 5.48.